The van der Waals surface area contributed by atoms with Crippen molar-refractivity contribution in [3.8, 4) is 33.8 Å². The van der Waals surface area contributed by atoms with Gasteiger partial charge in [-0.25, -0.2) is 19.2 Å². The maximum absolute atomic E-state index is 12.5. The molecule has 0 amide bonds. The van der Waals surface area contributed by atoms with Gasteiger partial charge in [0, 0.05) is 22.3 Å². The van der Waals surface area contributed by atoms with E-state index in [2.05, 4.69) is 19.7 Å². The molecule has 0 heterocycles. The molecular formula is C35H34O9. The van der Waals surface area contributed by atoms with Crippen LogP contribution in [0.25, 0.3) is 22.3 Å². The Morgan fingerprint density at radius 2 is 1.07 bits per heavy atom. The molecule has 0 aromatic heterocycles. The van der Waals surface area contributed by atoms with E-state index in [1.165, 1.54) is 6.92 Å². The topological polar surface area (TPSA) is 114 Å². The molecule has 0 fully saturated rings. The first kappa shape index (κ1) is 33.1. The fourth-order valence-electron chi connectivity index (χ4n) is 3.63. The quantitative estimate of drug-likeness (QED) is 0.0696. The molecule has 0 aliphatic heterocycles. The predicted octanol–water partition coefficient (Wildman–Crippen LogP) is 6.28. The molecule has 3 aromatic rings. The zero-order chi connectivity index (χ0) is 32.2. The summed E-state index contributed by atoms with van der Waals surface area (Å²) < 4.78 is 26.4. The highest BCUT2D eigenvalue weighted by Gasteiger charge is 2.15. The zero-order valence-electron chi connectivity index (χ0n) is 25.0. The molecule has 44 heavy (non-hydrogen) atoms. The third-order valence-corrected chi connectivity index (χ3v) is 5.98. The molecule has 0 bridgehead atoms. The van der Waals surface area contributed by atoms with Crippen LogP contribution in [0.2, 0.25) is 0 Å². The van der Waals surface area contributed by atoms with Crippen LogP contribution in [-0.2, 0) is 28.6 Å². The minimum absolute atomic E-state index is 0.0856. The lowest BCUT2D eigenvalue weighted by molar-refractivity contribution is -0.140. The monoisotopic (exact) mass is 598 g/mol. The van der Waals surface area contributed by atoms with Gasteiger partial charge in [-0.05, 0) is 73.9 Å². The first-order valence-electron chi connectivity index (χ1n) is 13.6. The van der Waals surface area contributed by atoms with Crippen LogP contribution in [0.5, 0.6) is 11.5 Å². The van der Waals surface area contributed by atoms with E-state index in [0.29, 0.717) is 33.8 Å². The lowest BCUT2D eigenvalue weighted by Crippen LogP contribution is -2.14. The van der Waals surface area contributed by atoms with Gasteiger partial charge in [0.2, 0.25) is 0 Å². The maximum atomic E-state index is 12.5. The van der Waals surface area contributed by atoms with E-state index in [4.69, 9.17) is 23.7 Å². The van der Waals surface area contributed by atoms with Crippen molar-refractivity contribution >= 4 is 23.9 Å². The smallest absolute Gasteiger partial charge is 0.338 e. The van der Waals surface area contributed by atoms with E-state index in [0.717, 1.165) is 11.1 Å². The molecule has 0 spiro atoms. The Kier molecular flexibility index (Phi) is 11.8. The van der Waals surface area contributed by atoms with Gasteiger partial charge in [-0.15, -0.1) is 0 Å². The lowest BCUT2D eigenvalue weighted by atomic mass is 9.97. The Morgan fingerprint density at radius 1 is 0.568 bits per heavy atom. The summed E-state index contributed by atoms with van der Waals surface area (Å²) in [5, 5.41) is 0. The fraction of sp³-hybridized carbons (Fsp3) is 0.200. The zero-order valence-corrected chi connectivity index (χ0v) is 25.0. The van der Waals surface area contributed by atoms with E-state index in [-0.39, 0.29) is 37.6 Å². The van der Waals surface area contributed by atoms with Crippen LogP contribution in [0.1, 0.15) is 31.1 Å². The van der Waals surface area contributed by atoms with Crippen molar-refractivity contribution in [1.82, 2.24) is 0 Å². The van der Waals surface area contributed by atoms with Crippen LogP contribution < -0.4 is 9.47 Å². The van der Waals surface area contributed by atoms with Gasteiger partial charge < -0.3 is 23.7 Å². The second-order valence-corrected chi connectivity index (χ2v) is 9.80. The molecule has 0 saturated carbocycles. The summed E-state index contributed by atoms with van der Waals surface area (Å²) in [6.07, 6.45) is 0. The molecule has 0 atom stereocenters. The highest BCUT2D eigenvalue weighted by molar-refractivity contribution is 5.92. The van der Waals surface area contributed by atoms with Crippen LogP contribution in [-0.4, -0.2) is 50.3 Å². The highest BCUT2D eigenvalue weighted by Crippen LogP contribution is 2.35. The van der Waals surface area contributed by atoms with E-state index in [1.807, 2.05) is 24.3 Å². The van der Waals surface area contributed by atoms with Crippen molar-refractivity contribution in [2.24, 2.45) is 0 Å². The van der Waals surface area contributed by atoms with Gasteiger partial charge >= 0.3 is 23.9 Å². The minimum Gasteiger partial charge on any atom is -0.490 e. The van der Waals surface area contributed by atoms with Gasteiger partial charge in [-0.3, -0.25) is 0 Å². The van der Waals surface area contributed by atoms with Crippen molar-refractivity contribution < 1.29 is 42.9 Å². The maximum Gasteiger partial charge on any atom is 0.338 e. The normalized spacial score (nSPS) is 10.2. The van der Waals surface area contributed by atoms with E-state index in [9.17, 15) is 19.2 Å². The first-order chi connectivity index (χ1) is 21.0. The Labute approximate surface area is 256 Å². The van der Waals surface area contributed by atoms with Crippen LogP contribution in [0.4, 0.5) is 0 Å². The van der Waals surface area contributed by atoms with Gasteiger partial charge in [-0.2, -0.15) is 0 Å². The third-order valence-electron chi connectivity index (χ3n) is 5.98. The average Bonchev–Trinajstić information content (AvgIpc) is 3.01. The van der Waals surface area contributed by atoms with Gasteiger partial charge in [0.05, 0.1) is 5.56 Å². The van der Waals surface area contributed by atoms with Gasteiger partial charge in [0.25, 0.3) is 0 Å². The second-order valence-electron chi connectivity index (χ2n) is 9.80. The largest absolute Gasteiger partial charge is 0.490 e. The van der Waals surface area contributed by atoms with Crippen molar-refractivity contribution in [1.29, 1.82) is 0 Å². The molecule has 0 unspecified atom stereocenters. The van der Waals surface area contributed by atoms with Crippen LogP contribution in [0, 0.1) is 0 Å². The fourth-order valence-corrected chi connectivity index (χ4v) is 3.63. The first-order valence-corrected chi connectivity index (χ1v) is 13.6. The number of hydrogen-bond acceptors (Lipinski definition) is 9. The Hall–Kier alpha value is -5.44. The number of benzene rings is 3. The summed E-state index contributed by atoms with van der Waals surface area (Å²) in [5.41, 5.74) is 4.13. The van der Waals surface area contributed by atoms with Crippen molar-refractivity contribution in [2.75, 3.05) is 26.4 Å². The number of carbonyl (C=O) groups excluding carboxylic acids is 4. The molecule has 0 saturated heterocycles. The lowest BCUT2D eigenvalue weighted by Gasteiger charge is -2.14. The molecule has 0 N–H and O–H groups in total. The van der Waals surface area contributed by atoms with E-state index < -0.39 is 23.9 Å². The second kappa shape index (κ2) is 15.7. The highest BCUT2D eigenvalue weighted by atomic mass is 16.6. The molecule has 9 heteroatoms. The number of esters is 4. The molecule has 0 aliphatic carbocycles. The Balaban J connectivity index is 1.76. The predicted molar refractivity (Wildman–Crippen MR) is 165 cm³/mol. The van der Waals surface area contributed by atoms with Crippen LogP contribution in [0.3, 0.4) is 0 Å². The van der Waals surface area contributed by atoms with Crippen LogP contribution in [0.15, 0.2) is 103 Å². The number of carbonyl (C=O) groups is 4. The molecule has 9 nitrogen and oxygen atoms in total. The molecule has 0 aliphatic rings. The molecule has 0 radical (unpaired) electrons. The standard InChI is InChI=1S/C35H34O9/c1-22(2)32(36)41-18-17-40-29-14-11-25(12-15-29)28-13-16-31(44-34(38)24(5)6)30(21-28)26-7-9-27(10-8-26)35(39)43-20-19-42-33(37)23(3)4/h7-16,21H,1,3,5,17-20H2,2,4,6H3. The van der Waals surface area contributed by atoms with Gasteiger partial charge in [0.15, 0.2) is 0 Å². The van der Waals surface area contributed by atoms with E-state index in [1.54, 1.807) is 56.3 Å². The summed E-state index contributed by atoms with van der Waals surface area (Å²) in [5.74, 6) is -1.25. The number of hydrogen-bond donors (Lipinski definition) is 0. The minimum atomic E-state index is -0.582. The summed E-state index contributed by atoms with van der Waals surface area (Å²) in [6, 6.07) is 19.3. The molecule has 3 rings (SSSR count). The van der Waals surface area contributed by atoms with Crippen molar-refractivity contribution in [2.45, 2.75) is 20.8 Å². The molecule has 228 valence electrons. The van der Waals surface area contributed by atoms with E-state index >= 15 is 0 Å². The average molecular weight is 599 g/mol. The summed E-state index contributed by atoms with van der Waals surface area (Å²) >= 11 is 0. The van der Waals surface area contributed by atoms with Gasteiger partial charge in [-0.1, -0.05) is 50.1 Å². The number of ether oxygens (including phenoxy) is 5. The van der Waals surface area contributed by atoms with Crippen molar-refractivity contribution in [3.05, 3.63) is 109 Å². The number of rotatable bonds is 14. The Bertz CT molecular complexity index is 1560. The van der Waals surface area contributed by atoms with Gasteiger partial charge in [0.1, 0.15) is 37.9 Å². The molecular weight excluding hydrogens is 564 g/mol. The van der Waals surface area contributed by atoms with Crippen LogP contribution >= 0.6 is 0 Å². The SMILES string of the molecule is C=C(C)C(=O)OCCOC(=O)c1ccc(-c2cc(-c3ccc(OCCOC(=O)C(=C)C)cc3)ccc2OC(=O)C(=C)C)cc1. The summed E-state index contributed by atoms with van der Waals surface area (Å²) in [7, 11) is 0. The Morgan fingerprint density at radius 3 is 1.64 bits per heavy atom. The summed E-state index contributed by atoms with van der Waals surface area (Å²) in [6.45, 7) is 15.4. The molecule has 3 aromatic carbocycles. The van der Waals surface area contributed by atoms with Crippen molar-refractivity contribution in [3.63, 3.8) is 0 Å². The third kappa shape index (κ3) is 9.55. The summed E-state index contributed by atoms with van der Waals surface area (Å²) in [4.78, 5) is 47.8.